The first kappa shape index (κ1) is 21.4. The van der Waals surface area contributed by atoms with Crippen molar-refractivity contribution in [3.63, 3.8) is 0 Å². The summed E-state index contributed by atoms with van der Waals surface area (Å²) >= 11 is 0. The highest BCUT2D eigenvalue weighted by molar-refractivity contribution is 5.80. The third-order valence-corrected chi connectivity index (χ3v) is 5.15. The Hall–Kier alpha value is -3.79. The lowest BCUT2D eigenvalue weighted by atomic mass is 10.1. The SMILES string of the molecule is COCc1ccc2c(n1)CN(C(=O)Cc1nc(-c3ccc(F)cc3F)ccc1[N+](=O)[O-])C2. The first-order valence-corrected chi connectivity index (χ1v) is 9.70. The monoisotopic (exact) mass is 440 g/mol. The fourth-order valence-corrected chi connectivity index (χ4v) is 3.60. The van der Waals surface area contributed by atoms with E-state index < -0.39 is 16.6 Å². The van der Waals surface area contributed by atoms with Gasteiger partial charge in [-0.1, -0.05) is 6.07 Å². The van der Waals surface area contributed by atoms with E-state index in [1.165, 1.54) is 23.1 Å². The van der Waals surface area contributed by atoms with Crippen molar-refractivity contribution in [3.05, 3.63) is 86.9 Å². The Morgan fingerprint density at radius 1 is 1.16 bits per heavy atom. The topological polar surface area (TPSA) is 98.5 Å². The number of nitro groups is 1. The van der Waals surface area contributed by atoms with Crippen LogP contribution < -0.4 is 0 Å². The van der Waals surface area contributed by atoms with E-state index in [2.05, 4.69) is 9.97 Å². The lowest BCUT2D eigenvalue weighted by Crippen LogP contribution is -2.27. The van der Waals surface area contributed by atoms with Gasteiger partial charge >= 0.3 is 0 Å². The number of benzene rings is 1. The third kappa shape index (κ3) is 4.30. The van der Waals surface area contributed by atoms with Crippen LogP contribution in [0.4, 0.5) is 14.5 Å². The molecule has 0 aliphatic carbocycles. The third-order valence-electron chi connectivity index (χ3n) is 5.15. The molecule has 4 rings (SSSR count). The van der Waals surface area contributed by atoms with Gasteiger partial charge in [0.15, 0.2) is 0 Å². The van der Waals surface area contributed by atoms with Crippen LogP contribution in [0.5, 0.6) is 0 Å². The number of hydrogen-bond donors (Lipinski definition) is 0. The molecule has 0 fully saturated rings. The molecule has 2 aromatic heterocycles. The zero-order valence-corrected chi connectivity index (χ0v) is 17.0. The van der Waals surface area contributed by atoms with Crippen LogP contribution in [-0.2, 0) is 35.6 Å². The van der Waals surface area contributed by atoms with Crippen molar-refractivity contribution >= 4 is 11.6 Å². The Morgan fingerprint density at radius 2 is 1.97 bits per heavy atom. The van der Waals surface area contributed by atoms with Gasteiger partial charge in [0, 0.05) is 31.4 Å². The first-order chi connectivity index (χ1) is 15.4. The van der Waals surface area contributed by atoms with Crippen molar-refractivity contribution in [2.45, 2.75) is 26.1 Å². The zero-order valence-electron chi connectivity index (χ0n) is 17.0. The van der Waals surface area contributed by atoms with Crippen LogP contribution in [0.15, 0.2) is 42.5 Å². The summed E-state index contributed by atoms with van der Waals surface area (Å²) in [6.07, 6.45) is -0.341. The molecule has 0 atom stereocenters. The van der Waals surface area contributed by atoms with Crippen molar-refractivity contribution in [1.82, 2.24) is 14.9 Å². The maximum atomic E-state index is 14.2. The van der Waals surface area contributed by atoms with Crippen LogP contribution in [0, 0.1) is 21.7 Å². The van der Waals surface area contributed by atoms with E-state index >= 15 is 0 Å². The van der Waals surface area contributed by atoms with Gasteiger partial charge in [0.1, 0.15) is 17.3 Å². The second-order valence-corrected chi connectivity index (χ2v) is 7.31. The highest BCUT2D eigenvalue weighted by atomic mass is 19.1. The van der Waals surface area contributed by atoms with Crippen molar-refractivity contribution < 1.29 is 23.2 Å². The molecule has 8 nitrogen and oxygen atoms in total. The Morgan fingerprint density at radius 3 is 2.69 bits per heavy atom. The number of aromatic nitrogens is 2. The number of halogens is 2. The molecule has 0 saturated heterocycles. The number of methoxy groups -OCH3 is 1. The summed E-state index contributed by atoms with van der Waals surface area (Å²) in [6, 6.07) is 9.12. The van der Waals surface area contributed by atoms with Gasteiger partial charge in [-0.05, 0) is 29.8 Å². The normalized spacial score (nSPS) is 12.7. The second kappa shape index (κ2) is 8.75. The molecular weight excluding hydrogens is 422 g/mol. The molecule has 0 radical (unpaired) electrons. The van der Waals surface area contributed by atoms with Gasteiger partial charge in [0.2, 0.25) is 5.91 Å². The fourth-order valence-electron chi connectivity index (χ4n) is 3.60. The van der Waals surface area contributed by atoms with Crippen molar-refractivity contribution in [2.24, 2.45) is 0 Å². The Kier molecular flexibility index (Phi) is 5.87. The van der Waals surface area contributed by atoms with Crippen molar-refractivity contribution in [2.75, 3.05) is 7.11 Å². The molecule has 32 heavy (non-hydrogen) atoms. The number of pyridine rings is 2. The number of rotatable bonds is 6. The first-order valence-electron chi connectivity index (χ1n) is 9.70. The van der Waals surface area contributed by atoms with E-state index in [0.717, 1.165) is 23.0 Å². The molecule has 0 N–H and O–H groups in total. The molecule has 1 aliphatic rings. The summed E-state index contributed by atoms with van der Waals surface area (Å²) in [5.41, 5.74) is 2.00. The summed E-state index contributed by atoms with van der Waals surface area (Å²) < 4.78 is 32.5. The summed E-state index contributed by atoms with van der Waals surface area (Å²) in [7, 11) is 1.57. The second-order valence-electron chi connectivity index (χ2n) is 7.31. The molecule has 3 heterocycles. The highest BCUT2D eigenvalue weighted by Crippen LogP contribution is 2.28. The predicted molar refractivity (Wildman–Crippen MR) is 109 cm³/mol. The minimum atomic E-state index is -0.850. The van der Waals surface area contributed by atoms with Crippen LogP contribution in [0.1, 0.15) is 22.6 Å². The van der Waals surface area contributed by atoms with Gasteiger partial charge in [0.05, 0.1) is 41.6 Å². The van der Waals surface area contributed by atoms with Gasteiger partial charge in [-0.15, -0.1) is 0 Å². The number of nitrogens with zero attached hydrogens (tertiary/aromatic N) is 4. The number of hydrogen-bond acceptors (Lipinski definition) is 6. The summed E-state index contributed by atoms with van der Waals surface area (Å²) in [6.45, 7) is 0.949. The van der Waals surface area contributed by atoms with Crippen LogP contribution in [-0.4, -0.2) is 32.8 Å². The predicted octanol–water partition coefficient (Wildman–Crippen LogP) is 3.56. The Balaban J connectivity index is 1.59. The van der Waals surface area contributed by atoms with Gasteiger partial charge in [-0.25, -0.2) is 13.8 Å². The van der Waals surface area contributed by atoms with E-state index in [0.29, 0.717) is 19.2 Å². The van der Waals surface area contributed by atoms with Crippen molar-refractivity contribution in [3.8, 4) is 11.3 Å². The smallest absolute Gasteiger partial charge is 0.291 e. The molecule has 1 aromatic carbocycles. The van der Waals surface area contributed by atoms with Crippen LogP contribution in [0.2, 0.25) is 0 Å². The standard InChI is InChI=1S/C22H18F2N4O4/c1-32-12-15-4-2-13-10-27(11-20(13)25-15)22(29)9-19-21(28(30)31)7-6-18(26-19)16-5-3-14(23)8-17(16)24/h2-8H,9-12H2,1H3. The molecule has 164 valence electrons. The van der Waals surface area contributed by atoms with E-state index in [9.17, 15) is 23.7 Å². The Bertz CT molecular complexity index is 1220. The molecule has 0 saturated carbocycles. The maximum absolute atomic E-state index is 14.2. The quantitative estimate of drug-likeness (QED) is 0.429. The molecular formula is C22H18F2N4O4. The van der Waals surface area contributed by atoms with Gasteiger partial charge in [-0.3, -0.25) is 19.9 Å². The minimum Gasteiger partial charge on any atom is -0.378 e. The molecule has 1 amide bonds. The van der Waals surface area contributed by atoms with E-state index in [-0.39, 0.29) is 41.5 Å². The number of carbonyl (C=O) groups is 1. The van der Waals surface area contributed by atoms with E-state index in [4.69, 9.17) is 4.74 Å². The van der Waals surface area contributed by atoms with Crippen LogP contribution >= 0.6 is 0 Å². The van der Waals surface area contributed by atoms with E-state index in [1.54, 1.807) is 7.11 Å². The number of amides is 1. The number of ether oxygens (including phenoxy) is 1. The largest absolute Gasteiger partial charge is 0.378 e. The van der Waals surface area contributed by atoms with E-state index in [1.807, 2.05) is 12.1 Å². The molecule has 3 aromatic rings. The average molecular weight is 440 g/mol. The molecule has 0 bridgehead atoms. The minimum absolute atomic E-state index is 0.0153. The van der Waals surface area contributed by atoms with Gasteiger partial charge in [0.25, 0.3) is 5.69 Å². The van der Waals surface area contributed by atoms with Gasteiger partial charge < -0.3 is 9.64 Å². The van der Waals surface area contributed by atoms with Crippen LogP contribution in [0.3, 0.4) is 0 Å². The summed E-state index contributed by atoms with van der Waals surface area (Å²) in [4.78, 5) is 33.9. The molecule has 10 heteroatoms. The summed E-state index contributed by atoms with van der Waals surface area (Å²) in [5.74, 6) is -1.97. The van der Waals surface area contributed by atoms with Crippen LogP contribution in [0.25, 0.3) is 11.3 Å². The highest BCUT2D eigenvalue weighted by Gasteiger charge is 2.28. The lowest BCUT2D eigenvalue weighted by Gasteiger charge is -2.15. The molecule has 0 unspecified atom stereocenters. The zero-order chi connectivity index (χ0) is 22.8. The molecule has 1 aliphatic heterocycles. The maximum Gasteiger partial charge on any atom is 0.291 e. The number of fused-ring (bicyclic) bond motifs is 1. The van der Waals surface area contributed by atoms with Gasteiger partial charge in [-0.2, -0.15) is 0 Å². The number of carbonyl (C=O) groups excluding carboxylic acids is 1. The fraction of sp³-hybridized carbons (Fsp3) is 0.227. The Labute approximate surface area is 181 Å². The molecule has 0 spiro atoms. The lowest BCUT2D eigenvalue weighted by molar-refractivity contribution is -0.385. The average Bonchev–Trinajstić information content (AvgIpc) is 3.17. The summed E-state index contributed by atoms with van der Waals surface area (Å²) in [5, 5.41) is 11.5. The van der Waals surface area contributed by atoms with Crippen molar-refractivity contribution in [1.29, 1.82) is 0 Å².